The predicted molar refractivity (Wildman–Crippen MR) is 72.4 cm³/mol. The molecule has 0 fully saturated rings. The molecular formula is C12H16O2S2. The summed E-state index contributed by atoms with van der Waals surface area (Å²) < 4.78 is 0.224. The molecule has 0 aliphatic heterocycles. The van der Waals surface area contributed by atoms with Crippen LogP contribution in [0.4, 0.5) is 0 Å². The highest BCUT2D eigenvalue weighted by Crippen LogP contribution is 2.40. The summed E-state index contributed by atoms with van der Waals surface area (Å²) in [6.07, 6.45) is 0. The maximum atomic E-state index is 11.1. The molecule has 0 aromatic heterocycles. The van der Waals surface area contributed by atoms with Crippen molar-refractivity contribution >= 4 is 29.5 Å². The van der Waals surface area contributed by atoms with Gasteiger partial charge in [-0.3, -0.25) is 0 Å². The van der Waals surface area contributed by atoms with E-state index in [1.54, 1.807) is 35.7 Å². The molecule has 0 spiro atoms. The first-order chi connectivity index (χ1) is 7.70. The Labute approximate surface area is 105 Å². The molecule has 0 unspecified atom stereocenters. The van der Waals surface area contributed by atoms with Crippen LogP contribution in [0.25, 0.3) is 0 Å². The Morgan fingerprint density at radius 3 is 2.31 bits per heavy atom. The molecule has 0 aliphatic rings. The first-order valence-corrected chi connectivity index (χ1v) is 7.35. The van der Waals surface area contributed by atoms with Gasteiger partial charge >= 0.3 is 5.97 Å². The lowest BCUT2D eigenvalue weighted by Gasteiger charge is -2.16. The fraction of sp³-hybridized carbons (Fsp3) is 0.417. The number of carbonyl (C=O) groups is 1. The van der Waals surface area contributed by atoms with Crippen molar-refractivity contribution < 1.29 is 9.90 Å². The van der Waals surface area contributed by atoms with Crippen LogP contribution in [-0.4, -0.2) is 22.6 Å². The highest BCUT2D eigenvalue weighted by Gasteiger charge is 2.18. The number of benzene rings is 1. The van der Waals surface area contributed by atoms with E-state index in [9.17, 15) is 4.79 Å². The van der Waals surface area contributed by atoms with Crippen molar-refractivity contribution in [1.82, 2.24) is 0 Å². The smallest absolute Gasteiger partial charge is 0.336 e. The molecule has 0 amide bonds. The largest absolute Gasteiger partial charge is 0.478 e. The molecular weight excluding hydrogens is 240 g/mol. The third-order valence-corrected chi connectivity index (χ3v) is 4.68. The van der Waals surface area contributed by atoms with Crippen molar-refractivity contribution in [2.75, 3.05) is 11.5 Å². The van der Waals surface area contributed by atoms with Gasteiger partial charge in [0.15, 0.2) is 0 Å². The highest BCUT2D eigenvalue weighted by atomic mass is 32.2. The Bertz CT molecular complexity index is 347. The molecule has 0 radical (unpaired) electrons. The second-order valence-corrected chi connectivity index (χ2v) is 6.20. The lowest BCUT2D eigenvalue weighted by atomic mass is 10.1. The molecule has 88 valence electrons. The number of carboxylic acids is 1. The van der Waals surface area contributed by atoms with Gasteiger partial charge in [0.2, 0.25) is 0 Å². The lowest BCUT2D eigenvalue weighted by molar-refractivity contribution is 0.0696. The molecule has 0 saturated heterocycles. The van der Waals surface area contributed by atoms with E-state index in [2.05, 4.69) is 13.8 Å². The molecule has 1 aromatic carbocycles. The predicted octanol–water partition coefficient (Wildman–Crippen LogP) is 3.89. The summed E-state index contributed by atoms with van der Waals surface area (Å²) in [5, 5.41) is 9.13. The minimum Gasteiger partial charge on any atom is -0.478 e. The van der Waals surface area contributed by atoms with Crippen molar-refractivity contribution in [1.29, 1.82) is 0 Å². The first-order valence-electron chi connectivity index (χ1n) is 5.26. The average Bonchev–Trinajstić information content (AvgIpc) is 2.29. The van der Waals surface area contributed by atoms with Crippen LogP contribution in [0.5, 0.6) is 0 Å². The van der Waals surface area contributed by atoms with Gasteiger partial charge in [-0.25, -0.2) is 4.79 Å². The van der Waals surface area contributed by atoms with Gasteiger partial charge in [0.1, 0.15) is 0 Å². The summed E-state index contributed by atoms with van der Waals surface area (Å²) in [7, 11) is 0. The Morgan fingerprint density at radius 1 is 1.25 bits per heavy atom. The molecule has 4 heteroatoms. The third-order valence-electron chi connectivity index (χ3n) is 2.08. The molecule has 0 atom stereocenters. The van der Waals surface area contributed by atoms with E-state index in [0.29, 0.717) is 5.56 Å². The number of aromatic carboxylic acids is 1. The van der Waals surface area contributed by atoms with E-state index in [-0.39, 0.29) is 4.58 Å². The van der Waals surface area contributed by atoms with E-state index >= 15 is 0 Å². The first kappa shape index (κ1) is 13.5. The van der Waals surface area contributed by atoms with Crippen LogP contribution in [0.15, 0.2) is 24.3 Å². The number of carboxylic acid groups (broad SMARTS) is 1. The van der Waals surface area contributed by atoms with Gasteiger partial charge < -0.3 is 5.11 Å². The van der Waals surface area contributed by atoms with Gasteiger partial charge in [0.25, 0.3) is 0 Å². The van der Waals surface area contributed by atoms with Crippen molar-refractivity contribution in [3.8, 4) is 0 Å². The summed E-state index contributed by atoms with van der Waals surface area (Å²) in [6.45, 7) is 4.19. The zero-order chi connectivity index (χ0) is 12.0. The van der Waals surface area contributed by atoms with E-state index in [4.69, 9.17) is 5.11 Å². The maximum absolute atomic E-state index is 11.1. The van der Waals surface area contributed by atoms with Gasteiger partial charge in [-0.1, -0.05) is 32.0 Å². The zero-order valence-corrected chi connectivity index (χ0v) is 11.1. The molecule has 0 bridgehead atoms. The van der Waals surface area contributed by atoms with Gasteiger partial charge in [0, 0.05) is 0 Å². The molecule has 0 heterocycles. The number of hydrogen-bond donors (Lipinski definition) is 1. The highest BCUT2D eigenvalue weighted by molar-refractivity contribution is 8.16. The minimum atomic E-state index is -0.839. The zero-order valence-electron chi connectivity index (χ0n) is 9.47. The lowest BCUT2D eigenvalue weighted by Crippen LogP contribution is -2.04. The van der Waals surface area contributed by atoms with Gasteiger partial charge in [-0.05, 0) is 23.1 Å². The van der Waals surface area contributed by atoms with E-state index in [0.717, 1.165) is 17.1 Å². The van der Waals surface area contributed by atoms with Crippen LogP contribution < -0.4 is 0 Å². The quantitative estimate of drug-likeness (QED) is 0.784. The normalized spacial score (nSPS) is 10.7. The summed E-state index contributed by atoms with van der Waals surface area (Å²) in [6, 6.07) is 7.27. The van der Waals surface area contributed by atoms with Crippen LogP contribution >= 0.6 is 23.5 Å². The SMILES string of the molecule is CCSC(SCC)c1ccccc1C(=O)O. The van der Waals surface area contributed by atoms with Crippen LogP contribution in [0.3, 0.4) is 0 Å². The summed E-state index contributed by atoms with van der Waals surface area (Å²) in [5.74, 6) is 1.14. The average molecular weight is 256 g/mol. The second kappa shape index (κ2) is 6.86. The van der Waals surface area contributed by atoms with Crippen LogP contribution in [0.2, 0.25) is 0 Å². The molecule has 0 aliphatic carbocycles. The molecule has 1 rings (SSSR count). The van der Waals surface area contributed by atoms with E-state index < -0.39 is 5.97 Å². The standard InChI is InChI=1S/C12H16O2S2/c1-3-15-12(16-4-2)10-8-6-5-7-9(10)11(13)14/h5-8,12H,3-4H2,1-2H3,(H,13,14). The Kier molecular flexibility index (Phi) is 5.77. The fourth-order valence-electron chi connectivity index (χ4n) is 1.43. The van der Waals surface area contributed by atoms with Gasteiger partial charge in [0.05, 0.1) is 10.1 Å². The molecule has 16 heavy (non-hydrogen) atoms. The Morgan fingerprint density at radius 2 is 1.81 bits per heavy atom. The summed E-state index contributed by atoms with van der Waals surface area (Å²) in [5.41, 5.74) is 1.35. The summed E-state index contributed by atoms with van der Waals surface area (Å²) in [4.78, 5) is 11.1. The minimum absolute atomic E-state index is 0.224. The molecule has 0 saturated carbocycles. The van der Waals surface area contributed by atoms with Crippen LogP contribution in [0, 0.1) is 0 Å². The van der Waals surface area contributed by atoms with Gasteiger partial charge in [-0.15, -0.1) is 23.5 Å². The molecule has 2 nitrogen and oxygen atoms in total. The van der Waals surface area contributed by atoms with E-state index in [1.165, 1.54) is 0 Å². The topological polar surface area (TPSA) is 37.3 Å². The fourth-order valence-corrected chi connectivity index (χ4v) is 4.00. The van der Waals surface area contributed by atoms with Gasteiger partial charge in [-0.2, -0.15) is 0 Å². The van der Waals surface area contributed by atoms with Crippen molar-refractivity contribution in [3.63, 3.8) is 0 Å². The van der Waals surface area contributed by atoms with Crippen LogP contribution in [-0.2, 0) is 0 Å². The molecule has 1 N–H and O–H groups in total. The van der Waals surface area contributed by atoms with Crippen LogP contribution in [0.1, 0.15) is 34.4 Å². The third kappa shape index (κ3) is 3.46. The maximum Gasteiger partial charge on any atom is 0.336 e. The van der Waals surface area contributed by atoms with Crippen molar-refractivity contribution in [2.24, 2.45) is 0 Å². The summed E-state index contributed by atoms with van der Waals surface area (Å²) >= 11 is 3.57. The monoisotopic (exact) mass is 256 g/mol. The Hall–Kier alpha value is -0.610. The van der Waals surface area contributed by atoms with Crippen molar-refractivity contribution in [3.05, 3.63) is 35.4 Å². The molecule has 1 aromatic rings. The number of rotatable bonds is 6. The Balaban J connectivity index is 3.02. The van der Waals surface area contributed by atoms with E-state index in [1.807, 2.05) is 12.1 Å². The van der Waals surface area contributed by atoms with Crippen molar-refractivity contribution in [2.45, 2.75) is 18.4 Å². The number of thioether (sulfide) groups is 2. The second-order valence-electron chi connectivity index (χ2n) is 3.14. The number of hydrogen-bond acceptors (Lipinski definition) is 3.